The molecule has 0 aliphatic carbocycles. The van der Waals surface area contributed by atoms with Crippen LogP contribution in [0.3, 0.4) is 0 Å². The van der Waals surface area contributed by atoms with Gasteiger partial charge in [0.1, 0.15) is 12.4 Å². The van der Waals surface area contributed by atoms with Crippen LogP contribution in [0.1, 0.15) is 23.2 Å². The van der Waals surface area contributed by atoms with Gasteiger partial charge in [-0.15, -0.1) is 0 Å². The number of hydrogen-bond acceptors (Lipinski definition) is 5. The molecule has 2 heterocycles. The van der Waals surface area contributed by atoms with E-state index in [0.29, 0.717) is 18.0 Å². The number of aliphatic hydroxyl groups is 1. The lowest BCUT2D eigenvalue weighted by Crippen LogP contribution is -2.08. The van der Waals surface area contributed by atoms with Gasteiger partial charge >= 0.3 is 0 Å². The topological polar surface area (TPSA) is 73.1 Å². The van der Waals surface area contributed by atoms with E-state index >= 15 is 0 Å². The Morgan fingerprint density at radius 1 is 1.39 bits per heavy atom. The van der Waals surface area contributed by atoms with Crippen LogP contribution in [-0.2, 0) is 13.5 Å². The highest BCUT2D eigenvalue weighted by molar-refractivity contribution is 5.18. The highest BCUT2D eigenvalue weighted by Gasteiger charge is 2.14. The molecule has 6 nitrogen and oxygen atoms in total. The number of hydrogen-bond donors (Lipinski definition) is 1. The van der Waals surface area contributed by atoms with Crippen molar-refractivity contribution < 1.29 is 9.84 Å². The van der Waals surface area contributed by atoms with Gasteiger partial charge in [-0.2, -0.15) is 5.10 Å². The molecule has 2 rings (SSSR count). The van der Waals surface area contributed by atoms with Crippen LogP contribution in [0.4, 0.5) is 0 Å². The van der Waals surface area contributed by atoms with Gasteiger partial charge in [0.2, 0.25) is 5.88 Å². The van der Waals surface area contributed by atoms with E-state index in [0.717, 1.165) is 11.4 Å². The molecule has 18 heavy (non-hydrogen) atoms. The minimum atomic E-state index is -0.698. The monoisotopic (exact) mass is 248 g/mol. The number of aliphatic hydroxyl groups excluding tert-OH is 1. The molecule has 96 valence electrons. The van der Waals surface area contributed by atoms with Gasteiger partial charge < -0.3 is 9.84 Å². The standard InChI is InChI=1S/C12H16N4O2/c1-8-4-9(16(2)15-8)5-11(17)10-6-12(18-3)14-7-13-10/h4,6-7,11,17H,5H2,1-3H3. The summed E-state index contributed by atoms with van der Waals surface area (Å²) in [5.41, 5.74) is 2.43. The van der Waals surface area contributed by atoms with Crippen molar-refractivity contribution in [2.75, 3.05) is 7.11 Å². The molecule has 1 N–H and O–H groups in total. The molecule has 2 aromatic heterocycles. The number of rotatable bonds is 4. The van der Waals surface area contributed by atoms with Gasteiger partial charge in [0.15, 0.2) is 0 Å². The molecule has 0 aliphatic rings. The average molecular weight is 248 g/mol. The minimum Gasteiger partial charge on any atom is -0.481 e. The minimum absolute atomic E-state index is 0.445. The highest BCUT2D eigenvalue weighted by Crippen LogP contribution is 2.18. The summed E-state index contributed by atoms with van der Waals surface area (Å²) in [6.45, 7) is 1.92. The maximum atomic E-state index is 10.1. The molecule has 0 saturated carbocycles. The Morgan fingerprint density at radius 3 is 2.78 bits per heavy atom. The molecule has 0 aromatic carbocycles. The van der Waals surface area contributed by atoms with Crippen LogP contribution in [0.5, 0.6) is 5.88 Å². The molecule has 0 aliphatic heterocycles. The first-order valence-electron chi connectivity index (χ1n) is 5.63. The third-order valence-corrected chi connectivity index (χ3v) is 2.72. The largest absolute Gasteiger partial charge is 0.481 e. The summed E-state index contributed by atoms with van der Waals surface area (Å²) in [5, 5.41) is 14.4. The second kappa shape index (κ2) is 5.14. The molecular weight excluding hydrogens is 232 g/mol. The maximum absolute atomic E-state index is 10.1. The van der Waals surface area contributed by atoms with Crippen LogP contribution < -0.4 is 4.74 Å². The van der Waals surface area contributed by atoms with Gasteiger partial charge in [0.05, 0.1) is 18.5 Å². The maximum Gasteiger partial charge on any atom is 0.216 e. The molecule has 0 bridgehead atoms. The number of ether oxygens (including phenoxy) is 1. The first-order chi connectivity index (χ1) is 8.60. The second-order valence-corrected chi connectivity index (χ2v) is 4.11. The van der Waals surface area contributed by atoms with Crippen LogP contribution in [0, 0.1) is 6.92 Å². The summed E-state index contributed by atoms with van der Waals surface area (Å²) in [6.07, 6.45) is 1.14. The van der Waals surface area contributed by atoms with Gasteiger partial charge in [-0.3, -0.25) is 4.68 Å². The zero-order chi connectivity index (χ0) is 13.1. The van der Waals surface area contributed by atoms with Crippen molar-refractivity contribution in [3.8, 4) is 5.88 Å². The third-order valence-electron chi connectivity index (χ3n) is 2.72. The summed E-state index contributed by atoms with van der Waals surface area (Å²) < 4.78 is 6.76. The quantitative estimate of drug-likeness (QED) is 0.866. The molecule has 0 amide bonds. The molecular formula is C12H16N4O2. The zero-order valence-corrected chi connectivity index (χ0v) is 10.7. The fourth-order valence-corrected chi connectivity index (χ4v) is 1.81. The molecule has 0 fully saturated rings. The van der Waals surface area contributed by atoms with Crippen molar-refractivity contribution in [3.63, 3.8) is 0 Å². The molecule has 1 unspecified atom stereocenters. The van der Waals surface area contributed by atoms with Gasteiger partial charge in [-0.25, -0.2) is 9.97 Å². The van der Waals surface area contributed by atoms with E-state index in [2.05, 4.69) is 15.1 Å². The molecule has 0 saturated heterocycles. The normalized spacial score (nSPS) is 12.4. The number of methoxy groups -OCH3 is 1. The summed E-state index contributed by atoms with van der Waals surface area (Å²) >= 11 is 0. The Labute approximate surface area is 105 Å². The van der Waals surface area contributed by atoms with Crippen molar-refractivity contribution in [2.24, 2.45) is 7.05 Å². The van der Waals surface area contributed by atoms with E-state index in [9.17, 15) is 5.11 Å². The van der Waals surface area contributed by atoms with Crippen molar-refractivity contribution in [1.82, 2.24) is 19.7 Å². The highest BCUT2D eigenvalue weighted by atomic mass is 16.5. The Bertz CT molecular complexity index is 539. The van der Waals surface area contributed by atoms with Crippen LogP contribution >= 0.6 is 0 Å². The molecule has 6 heteroatoms. The number of nitrogens with zero attached hydrogens (tertiary/aromatic N) is 4. The Kier molecular flexibility index (Phi) is 3.57. The van der Waals surface area contributed by atoms with Crippen molar-refractivity contribution in [2.45, 2.75) is 19.4 Å². The van der Waals surface area contributed by atoms with Crippen LogP contribution in [0.25, 0.3) is 0 Å². The lowest BCUT2D eigenvalue weighted by atomic mass is 10.1. The average Bonchev–Trinajstić information content (AvgIpc) is 2.68. The second-order valence-electron chi connectivity index (χ2n) is 4.11. The number of aromatic nitrogens is 4. The van der Waals surface area contributed by atoms with Crippen LogP contribution in [0.15, 0.2) is 18.5 Å². The van der Waals surface area contributed by atoms with E-state index in [1.807, 2.05) is 20.0 Å². The summed E-state index contributed by atoms with van der Waals surface area (Å²) in [7, 11) is 3.39. The van der Waals surface area contributed by atoms with Crippen LogP contribution in [0.2, 0.25) is 0 Å². The molecule has 0 spiro atoms. The van der Waals surface area contributed by atoms with Gasteiger partial charge in [0.25, 0.3) is 0 Å². The zero-order valence-electron chi connectivity index (χ0n) is 10.7. The van der Waals surface area contributed by atoms with E-state index in [1.165, 1.54) is 13.4 Å². The fraction of sp³-hybridized carbons (Fsp3) is 0.417. The summed E-state index contributed by atoms with van der Waals surface area (Å²) in [4.78, 5) is 7.96. The first kappa shape index (κ1) is 12.5. The van der Waals surface area contributed by atoms with Crippen LogP contribution in [-0.4, -0.2) is 32.0 Å². The fourth-order valence-electron chi connectivity index (χ4n) is 1.81. The lowest BCUT2D eigenvalue weighted by molar-refractivity contribution is 0.170. The van der Waals surface area contributed by atoms with Crippen molar-refractivity contribution in [3.05, 3.63) is 35.5 Å². The van der Waals surface area contributed by atoms with E-state index in [-0.39, 0.29) is 0 Å². The SMILES string of the molecule is COc1cc(C(O)Cc2cc(C)nn2C)ncn1. The number of aryl methyl sites for hydroxylation is 2. The van der Waals surface area contributed by atoms with E-state index in [4.69, 9.17) is 4.74 Å². The van der Waals surface area contributed by atoms with E-state index in [1.54, 1.807) is 10.7 Å². The van der Waals surface area contributed by atoms with Gasteiger partial charge in [-0.1, -0.05) is 0 Å². The Hall–Kier alpha value is -1.95. The summed E-state index contributed by atoms with van der Waals surface area (Å²) in [6, 6.07) is 3.58. The summed E-state index contributed by atoms with van der Waals surface area (Å²) in [5.74, 6) is 0.445. The van der Waals surface area contributed by atoms with Crippen molar-refractivity contribution >= 4 is 0 Å². The molecule has 1 atom stereocenters. The first-order valence-corrected chi connectivity index (χ1v) is 5.63. The van der Waals surface area contributed by atoms with E-state index < -0.39 is 6.10 Å². The van der Waals surface area contributed by atoms with Gasteiger partial charge in [0, 0.05) is 25.2 Å². The smallest absolute Gasteiger partial charge is 0.216 e. The predicted molar refractivity (Wildman–Crippen MR) is 65.2 cm³/mol. The Balaban J connectivity index is 2.16. The molecule has 2 aromatic rings. The predicted octanol–water partition coefficient (Wildman–Crippen LogP) is 0.803. The van der Waals surface area contributed by atoms with Gasteiger partial charge in [-0.05, 0) is 13.0 Å². The lowest BCUT2D eigenvalue weighted by Gasteiger charge is -2.10. The molecule has 0 radical (unpaired) electrons. The third kappa shape index (κ3) is 2.65. The Morgan fingerprint density at radius 2 is 2.17 bits per heavy atom. The van der Waals surface area contributed by atoms with Crippen molar-refractivity contribution in [1.29, 1.82) is 0 Å².